The number of hydrogen-bond acceptors (Lipinski definition) is 3. The average Bonchev–Trinajstić information content (AvgIpc) is 2.60. The molecule has 1 aliphatic rings. The molecule has 1 N–H and O–H groups in total. The molecule has 0 bridgehead atoms. The molecule has 0 aliphatic carbocycles. The number of ether oxygens (including phenoxy) is 2. The van der Waals surface area contributed by atoms with E-state index in [0.717, 1.165) is 17.2 Å². The number of fused-ring (bicyclic) bond motifs is 1. The van der Waals surface area contributed by atoms with Crippen molar-refractivity contribution in [1.29, 1.82) is 0 Å². The highest BCUT2D eigenvalue weighted by atomic mass is 35.5. The first-order chi connectivity index (χ1) is 13.0. The minimum atomic E-state index is -4.87. The second-order valence-corrected chi connectivity index (χ2v) is 6.93. The van der Waals surface area contributed by atoms with Gasteiger partial charge < -0.3 is 14.6 Å². The SMILES string of the molecule is Cc1cc(Cl)c(Oc2ccc3c(c2C)OC(C(F)(F)F)C(C(=O)O)=C3)cc1C. The van der Waals surface area contributed by atoms with Crippen molar-refractivity contribution in [3.05, 3.63) is 57.1 Å². The molecule has 1 unspecified atom stereocenters. The molecule has 3 rings (SSSR count). The van der Waals surface area contributed by atoms with Gasteiger partial charge in [-0.15, -0.1) is 0 Å². The van der Waals surface area contributed by atoms with Crippen molar-refractivity contribution in [3.8, 4) is 17.2 Å². The third-order valence-corrected chi connectivity index (χ3v) is 4.82. The van der Waals surface area contributed by atoms with Crippen LogP contribution >= 0.6 is 11.6 Å². The summed E-state index contributed by atoms with van der Waals surface area (Å²) in [4.78, 5) is 11.2. The van der Waals surface area contributed by atoms with Crippen LogP contribution in [0.3, 0.4) is 0 Å². The Hall–Kier alpha value is -2.67. The number of carbonyl (C=O) groups is 1. The topological polar surface area (TPSA) is 55.8 Å². The van der Waals surface area contributed by atoms with E-state index in [2.05, 4.69) is 0 Å². The third-order valence-electron chi connectivity index (χ3n) is 4.53. The third kappa shape index (κ3) is 3.67. The number of halogens is 4. The minimum absolute atomic E-state index is 0.0789. The second-order valence-electron chi connectivity index (χ2n) is 6.52. The molecule has 0 radical (unpaired) electrons. The molecule has 1 aliphatic heterocycles. The first-order valence-corrected chi connectivity index (χ1v) is 8.63. The molecule has 0 saturated carbocycles. The standard InChI is InChI=1S/C20H16ClF3O4/c1-9-6-14(21)16(7-10(9)2)27-15-5-4-12-8-13(19(25)26)18(20(22,23)24)28-17(12)11(15)3/h4-8,18H,1-3H3,(H,25,26). The lowest BCUT2D eigenvalue weighted by molar-refractivity contribution is -0.187. The lowest BCUT2D eigenvalue weighted by Crippen LogP contribution is -2.40. The largest absolute Gasteiger partial charge is 0.478 e. The number of hydrogen-bond donors (Lipinski definition) is 1. The van der Waals surface area contributed by atoms with E-state index in [1.54, 1.807) is 12.1 Å². The summed E-state index contributed by atoms with van der Waals surface area (Å²) < 4.78 is 50.7. The Morgan fingerprint density at radius 2 is 1.79 bits per heavy atom. The molecule has 0 amide bonds. The number of benzene rings is 2. The van der Waals surface area contributed by atoms with Crippen molar-refractivity contribution in [1.82, 2.24) is 0 Å². The van der Waals surface area contributed by atoms with E-state index in [-0.39, 0.29) is 17.1 Å². The van der Waals surface area contributed by atoms with Crippen LogP contribution in [-0.4, -0.2) is 23.4 Å². The Balaban J connectivity index is 2.05. The Morgan fingerprint density at radius 1 is 1.14 bits per heavy atom. The molecule has 0 fully saturated rings. The molecule has 2 aromatic carbocycles. The van der Waals surface area contributed by atoms with Gasteiger partial charge in [0, 0.05) is 11.1 Å². The van der Waals surface area contributed by atoms with E-state index in [0.29, 0.717) is 16.3 Å². The van der Waals surface area contributed by atoms with Crippen molar-refractivity contribution in [2.45, 2.75) is 33.1 Å². The molecule has 4 nitrogen and oxygen atoms in total. The van der Waals surface area contributed by atoms with Gasteiger partial charge in [0.1, 0.15) is 17.2 Å². The van der Waals surface area contributed by atoms with Gasteiger partial charge in [0.15, 0.2) is 0 Å². The first-order valence-electron chi connectivity index (χ1n) is 8.25. The number of aliphatic carboxylic acids is 1. The molecular weight excluding hydrogens is 397 g/mol. The zero-order valence-electron chi connectivity index (χ0n) is 15.1. The van der Waals surface area contributed by atoms with Crippen LogP contribution in [0, 0.1) is 20.8 Å². The molecule has 0 aromatic heterocycles. The summed E-state index contributed by atoms with van der Waals surface area (Å²) in [6.45, 7) is 5.32. The fourth-order valence-electron chi connectivity index (χ4n) is 2.87. The van der Waals surface area contributed by atoms with Crippen molar-refractivity contribution in [2.24, 2.45) is 0 Å². The Bertz CT molecular complexity index is 996. The van der Waals surface area contributed by atoms with E-state index < -0.39 is 23.8 Å². The Labute approximate surface area is 164 Å². The summed E-state index contributed by atoms with van der Waals surface area (Å²) in [7, 11) is 0. The fourth-order valence-corrected chi connectivity index (χ4v) is 3.12. The molecule has 8 heteroatoms. The molecule has 1 atom stereocenters. The van der Waals surface area contributed by atoms with E-state index in [1.165, 1.54) is 19.1 Å². The first kappa shape index (κ1) is 20.1. The molecule has 1 heterocycles. The highest BCUT2D eigenvalue weighted by molar-refractivity contribution is 6.32. The maximum absolute atomic E-state index is 13.3. The van der Waals surface area contributed by atoms with E-state index in [1.807, 2.05) is 13.8 Å². The summed E-state index contributed by atoms with van der Waals surface area (Å²) in [6.07, 6.45) is -6.46. The van der Waals surface area contributed by atoms with Gasteiger partial charge in [-0.2, -0.15) is 13.2 Å². The molecular formula is C20H16ClF3O4. The quantitative estimate of drug-likeness (QED) is 0.687. The van der Waals surface area contributed by atoms with Crippen LogP contribution in [0.15, 0.2) is 29.8 Å². The van der Waals surface area contributed by atoms with Crippen molar-refractivity contribution >= 4 is 23.6 Å². The van der Waals surface area contributed by atoms with Crippen LogP contribution in [0.4, 0.5) is 13.2 Å². The van der Waals surface area contributed by atoms with E-state index in [9.17, 15) is 18.0 Å². The van der Waals surface area contributed by atoms with Crippen molar-refractivity contribution in [3.63, 3.8) is 0 Å². The van der Waals surface area contributed by atoms with Gasteiger partial charge in [-0.1, -0.05) is 11.6 Å². The van der Waals surface area contributed by atoms with E-state index in [4.69, 9.17) is 26.2 Å². The monoisotopic (exact) mass is 412 g/mol. The summed E-state index contributed by atoms with van der Waals surface area (Å²) in [6, 6.07) is 6.45. The zero-order valence-corrected chi connectivity index (χ0v) is 15.9. The summed E-state index contributed by atoms with van der Waals surface area (Å²) in [5, 5.41) is 9.47. The lowest BCUT2D eigenvalue weighted by Gasteiger charge is -2.28. The zero-order chi connectivity index (χ0) is 20.8. The van der Waals surface area contributed by atoms with Crippen LogP contribution in [-0.2, 0) is 4.79 Å². The number of alkyl halides is 3. The molecule has 28 heavy (non-hydrogen) atoms. The fraction of sp³-hybridized carbons (Fsp3) is 0.250. The van der Waals surface area contributed by atoms with Gasteiger partial charge in [0.25, 0.3) is 0 Å². The normalized spacial score (nSPS) is 16.1. The highest BCUT2D eigenvalue weighted by Crippen LogP contribution is 2.43. The summed E-state index contributed by atoms with van der Waals surface area (Å²) in [5.41, 5.74) is 1.58. The molecule has 0 saturated heterocycles. The van der Waals surface area contributed by atoms with Crippen molar-refractivity contribution in [2.75, 3.05) is 0 Å². The maximum atomic E-state index is 13.3. The van der Waals surface area contributed by atoms with Gasteiger partial charge in [0.2, 0.25) is 6.10 Å². The predicted molar refractivity (Wildman–Crippen MR) is 98.3 cm³/mol. The Morgan fingerprint density at radius 3 is 2.39 bits per heavy atom. The maximum Gasteiger partial charge on any atom is 0.430 e. The van der Waals surface area contributed by atoms with Gasteiger partial charge in [0.05, 0.1) is 10.6 Å². The molecule has 148 valence electrons. The van der Waals surface area contributed by atoms with E-state index >= 15 is 0 Å². The second kappa shape index (κ2) is 7.05. The summed E-state index contributed by atoms with van der Waals surface area (Å²) >= 11 is 6.20. The smallest absolute Gasteiger partial charge is 0.430 e. The molecule has 0 spiro atoms. The number of carboxylic acid groups (broad SMARTS) is 1. The van der Waals surface area contributed by atoms with Crippen LogP contribution in [0.2, 0.25) is 5.02 Å². The Kier molecular flexibility index (Phi) is 5.06. The number of carboxylic acids is 1. The van der Waals surface area contributed by atoms with Gasteiger partial charge in [-0.3, -0.25) is 0 Å². The molecule has 2 aromatic rings. The van der Waals surface area contributed by atoms with Gasteiger partial charge in [-0.05, 0) is 62.2 Å². The average molecular weight is 413 g/mol. The van der Waals surface area contributed by atoms with Crippen LogP contribution in [0.5, 0.6) is 17.2 Å². The van der Waals surface area contributed by atoms with Gasteiger partial charge >= 0.3 is 12.1 Å². The predicted octanol–water partition coefficient (Wildman–Crippen LogP) is 5.85. The number of rotatable bonds is 3. The van der Waals surface area contributed by atoms with Crippen LogP contribution in [0.25, 0.3) is 6.08 Å². The summed E-state index contributed by atoms with van der Waals surface area (Å²) in [5.74, 6) is -1.15. The van der Waals surface area contributed by atoms with Crippen LogP contribution < -0.4 is 9.47 Å². The van der Waals surface area contributed by atoms with Crippen LogP contribution in [0.1, 0.15) is 22.3 Å². The number of aryl methyl sites for hydroxylation is 2. The highest BCUT2D eigenvalue weighted by Gasteiger charge is 2.48. The van der Waals surface area contributed by atoms with Gasteiger partial charge in [-0.25, -0.2) is 4.79 Å². The van der Waals surface area contributed by atoms with Crippen molar-refractivity contribution < 1.29 is 32.5 Å². The minimum Gasteiger partial charge on any atom is -0.478 e. The lowest BCUT2D eigenvalue weighted by atomic mass is 9.98.